The van der Waals surface area contributed by atoms with Crippen molar-refractivity contribution in [2.45, 2.75) is 6.54 Å². The number of pyridine rings is 1. The summed E-state index contributed by atoms with van der Waals surface area (Å²) in [7, 11) is 4.64. The number of hydrogen-bond acceptors (Lipinski definition) is 6. The molecule has 0 atom stereocenters. The molecule has 3 aromatic rings. The fourth-order valence-corrected chi connectivity index (χ4v) is 2.42. The Kier molecular flexibility index (Phi) is 4.69. The Balaban J connectivity index is 1.77. The highest BCUT2D eigenvalue weighted by molar-refractivity contribution is 5.91. The highest BCUT2D eigenvalue weighted by atomic mass is 16.5. The van der Waals surface area contributed by atoms with Gasteiger partial charge in [0.1, 0.15) is 12.1 Å². The number of nitrogens with zero attached hydrogens (tertiary/aromatic N) is 3. The minimum atomic E-state index is -0.212. The molecule has 0 fully saturated rings. The van der Waals surface area contributed by atoms with Gasteiger partial charge in [0, 0.05) is 17.8 Å². The second kappa shape index (κ2) is 7.08. The zero-order chi connectivity index (χ0) is 17.8. The number of carbonyl (C=O) groups is 1. The van der Waals surface area contributed by atoms with Crippen LogP contribution in [0.1, 0.15) is 0 Å². The summed E-state index contributed by atoms with van der Waals surface area (Å²) in [4.78, 5) is 20.9. The van der Waals surface area contributed by atoms with Crippen molar-refractivity contribution in [1.82, 2.24) is 14.5 Å². The summed E-state index contributed by atoms with van der Waals surface area (Å²) < 4.78 is 17.2. The monoisotopic (exact) mass is 342 g/mol. The topological polar surface area (TPSA) is 87.5 Å². The van der Waals surface area contributed by atoms with Gasteiger partial charge in [-0.15, -0.1) is 0 Å². The first-order valence-electron chi connectivity index (χ1n) is 7.52. The van der Waals surface area contributed by atoms with E-state index in [2.05, 4.69) is 15.3 Å². The molecule has 8 nitrogen and oxygen atoms in total. The van der Waals surface area contributed by atoms with Gasteiger partial charge in [-0.3, -0.25) is 4.79 Å². The average Bonchev–Trinajstić information content (AvgIpc) is 3.03. The van der Waals surface area contributed by atoms with E-state index >= 15 is 0 Å². The lowest BCUT2D eigenvalue weighted by atomic mass is 10.2. The lowest BCUT2D eigenvalue weighted by molar-refractivity contribution is -0.116. The molecule has 0 saturated heterocycles. The molecule has 130 valence electrons. The second-order valence-corrected chi connectivity index (χ2v) is 5.19. The van der Waals surface area contributed by atoms with Crippen LogP contribution in [0.2, 0.25) is 0 Å². The predicted octanol–water partition coefficient (Wildman–Crippen LogP) is 2.10. The van der Waals surface area contributed by atoms with Crippen molar-refractivity contribution < 1.29 is 19.0 Å². The molecule has 0 aliphatic carbocycles. The molecule has 3 rings (SSSR count). The van der Waals surface area contributed by atoms with Crippen LogP contribution in [0.5, 0.6) is 17.4 Å². The van der Waals surface area contributed by atoms with E-state index in [1.807, 2.05) is 0 Å². The molecule has 1 N–H and O–H groups in total. The molecular weight excluding hydrogens is 324 g/mol. The minimum absolute atomic E-state index is 0.0744. The summed E-state index contributed by atoms with van der Waals surface area (Å²) in [6.07, 6.45) is 1.57. The lowest BCUT2D eigenvalue weighted by Gasteiger charge is -2.11. The molecule has 0 aliphatic rings. The van der Waals surface area contributed by atoms with E-state index in [-0.39, 0.29) is 12.5 Å². The number of anilines is 1. The van der Waals surface area contributed by atoms with E-state index in [4.69, 9.17) is 14.2 Å². The normalized spacial score (nSPS) is 10.5. The second-order valence-electron chi connectivity index (χ2n) is 5.19. The molecule has 25 heavy (non-hydrogen) atoms. The fourth-order valence-electron chi connectivity index (χ4n) is 2.42. The number of hydrogen-bond donors (Lipinski definition) is 1. The van der Waals surface area contributed by atoms with Gasteiger partial charge in [-0.1, -0.05) is 0 Å². The molecule has 2 heterocycles. The van der Waals surface area contributed by atoms with Crippen LogP contribution in [-0.4, -0.2) is 41.8 Å². The molecule has 0 bridgehead atoms. The lowest BCUT2D eigenvalue weighted by Crippen LogP contribution is -2.18. The first-order chi connectivity index (χ1) is 12.1. The van der Waals surface area contributed by atoms with Crippen LogP contribution in [-0.2, 0) is 11.3 Å². The van der Waals surface area contributed by atoms with Crippen molar-refractivity contribution in [1.29, 1.82) is 0 Å². The van der Waals surface area contributed by atoms with Gasteiger partial charge in [0.25, 0.3) is 0 Å². The van der Waals surface area contributed by atoms with Gasteiger partial charge in [0.05, 0.1) is 27.7 Å². The fraction of sp³-hybridized carbons (Fsp3) is 0.235. The minimum Gasteiger partial charge on any atom is -0.493 e. The Bertz CT molecular complexity index is 907. The number of methoxy groups -OCH3 is 3. The van der Waals surface area contributed by atoms with Gasteiger partial charge in [-0.05, 0) is 18.2 Å². The molecule has 0 aliphatic heterocycles. The van der Waals surface area contributed by atoms with E-state index < -0.39 is 0 Å². The number of rotatable bonds is 6. The van der Waals surface area contributed by atoms with E-state index in [1.165, 1.54) is 0 Å². The highest BCUT2D eigenvalue weighted by Crippen LogP contribution is 2.29. The van der Waals surface area contributed by atoms with E-state index in [0.717, 1.165) is 0 Å². The number of ether oxygens (including phenoxy) is 3. The summed E-state index contributed by atoms with van der Waals surface area (Å²) in [6.45, 7) is 0.0744. The quantitative estimate of drug-likeness (QED) is 0.738. The van der Waals surface area contributed by atoms with Crippen molar-refractivity contribution in [3.8, 4) is 17.4 Å². The van der Waals surface area contributed by atoms with E-state index in [9.17, 15) is 4.79 Å². The van der Waals surface area contributed by atoms with Crippen molar-refractivity contribution >= 4 is 22.8 Å². The molecule has 0 unspecified atom stereocenters. The zero-order valence-electron chi connectivity index (χ0n) is 14.1. The maximum absolute atomic E-state index is 12.3. The molecule has 0 radical (unpaired) electrons. The van der Waals surface area contributed by atoms with Crippen LogP contribution in [0.25, 0.3) is 11.2 Å². The molecule has 1 amide bonds. The molecule has 1 aromatic carbocycles. The molecule has 2 aromatic heterocycles. The number of amides is 1. The molecular formula is C17H18N4O4. The maximum atomic E-state index is 12.3. The van der Waals surface area contributed by atoms with Crippen LogP contribution in [0.4, 0.5) is 5.69 Å². The SMILES string of the molecule is COc1ccc2ncn(CC(=O)Nc3ccc(OC)c(OC)c3)c2n1. The molecule has 0 spiro atoms. The largest absolute Gasteiger partial charge is 0.493 e. The number of carbonyl (C=O) groups excluding carboxylic acids is 1. The number of aromatic nitrogens is 3. The Morgan fingerprint density at radius 3 is 2.60 bits per heavy atom. The third-order valence-corrected chi connectivity index (χ3v) is 3.63. The van der Waals surface area contributed by atoms with Crippen LogP contribution < -0.4 is 19.5 Å². The van der Waals surface area contributed by atoms with Gasteiger partial charge >= 0.3 is 0 Å². The van der Waals surface area contributed by atoms with Crippen molar-refractivity contribution in [3.05, 3.63) is 36.7 Å². The average molecular weight is 342 g/mol. The third kappa shape index (κ3) is 3.47. The first kappa shape index (κ1) is 16.6. The Hall–Kier alpha value is -3.29. The highest BCUT2D eigenvalue weighted by Gasteiger charge is 2.11. The summed E-state index contributed by atoms with van der Waals surface area (Å²) in [5, 5.41) is 2.82. The third-order valence-electron chi connectivity index (χ3n) is 3.63. The number of imidazole rings is 1. The van der Waals surface area contributed by atoms with Gasteiger partial charge in [-0.25, -0.2) is 4.98 Å². The predicted molar refractivity (Wildman–Crippen MR) is 92.3 cm³/mol. The smallest absolute Gasteiger partial charge is 0.244 e. The number of nitrogens with one attached hydrogen (secondary N) is 1. The van der Waals surface area contributed by atoms with Crippen LogP contribution >= 0.6 is 0 Å². The van der Waals surface area contributed by atoms with Crippen LogP contribution in [0.15, 0.2) is 36.7 Å². The summed E-state index contributed by atoms with van der Waals surface area (Å²) in [5.74, 6) is 1.39. The molecule has 8 heteroatoms. The van der Waals surface area contributed by atoms with Crippen molar-refractivity contribution in [2.75, 3.05) is 26.6 Å². The van der Waals surface area contributed by atoms with Gasteiger partial charge in [0.2, 0.25) is 11.8 Å². The van der Waals surface area contributed by atoms with Gasteiger partial charge in [0.15, 0.2) is 17.1 Å². The van der Waals surface area contributed by atoms with Crippen molar-refractivity contribution in [2.24, 2.45) is 0 Å². The summed E-state index contributed by atoms with van der Waals surface area (Å²) >= 11 is 0. The first-order valence-corrected chi connectivity index (χ1v) is 7.52. The Morgan fingerprint density at radius 2 is 1.88 bits per heavy atom. The van der Waals surface area contributed by atoms with E-state index in [0.29, 0.717) is 34.2 Å². The maximum Gasteiger partial charge on any atom is 0.244 e. The Morgan fingerprint density at radius 1 is 1.08 bits per heavy atom. The Labute approximate surface area is 144 Å². The van der Waals surface area contributed by atoms with Gasteiger partial charge < -0.3 is 24.1 Å². The standard InChI is InChI=1S/C17H18N4O4/c1-23-13-6-4-11(8-14(13)24-2)19-15(22)9-21-10-18-12-5-7-16(25-3)20-17(12)21/h4-8,10H,9H2,1-3H3,(H,19,22). The van der Waals surface area contributed by atoms with Gasteiger partial charge in [-0.2, -0.15) is 4.98 Å². The zero-order valence-corrected chi connectivity index (χ0v) is 14.1. The number of benzene rings is 1. The summed E-state index contributed by atoms with van der Waals surface area (Å²) in [6, 6.07) is 8.69. The van der Waals surface area contributed by atoms with E-state index in [1.54, 1.807) is 62.6 Å². The van der Waals surface area contributed by atoms with Crippen molar-refractivity contribution in [3.63, 3.8) is 0 Å². The van der Waals surface area contributed by atoms with Crippen LogP contribution in [0, 0.1) is 0 Å². The number of fused-ring (bicyclic) bond motifs is 1. The molecule has 0 saturated carbocycles. The van der Waals surface area contributed by atoms with Crippen LogP contribution in [0.3, 0.4) is 0 Å². The summed E-state index contributed by atoms with van der Waals surface area (Å²) in [5.41, 5.74) is 1.89.